The number of fused-ring (bicyclic) bond motifs is 1. The van der Waals surface area contributed by atoms with E-state index < -0.39 is 5.95 Å². The number of carbonyl (C=O) groups excluding carboxylic acids is 2. The molecule has 11 heteroatoms. The minimum Gasteiger partial charge on any atom is -0.324 e. The van der Waals surface area contributed by atoms with Crippen LogP contribution in [0.4, 0.5) is 15.8 Å². The molecule has 5 rings (SSSR count). The number of nitrogens with one attached hydrogen (secondary N) is 2. The number of aromatic nitrogens is 4. The third-order valence-electron chi connectivity index (χ3n) is 6.49. The number of rotatable bonds is 6. The van der Waals surface area contributed by atoms with Gasteiger partial charge in [-0.3, -0.25) is 19.5 Å². The number of thiazole rings is 1. The van der Waals surface area contributed by atoms with Gasteiger partial charge in [0.1, 0.15) is 4.83 Å². The predicted molar refractivity (Wildman–Crippen MR) is 137 cm³/mol. The molecule has 0 aliphatic carbocycles. The molecular weight excluding hydrogens is 481 g/mol. The Balaban J connectivity index is 1.32. The zero-order valence-electron chi connectivity index (χ0n) is 20.2. The molecule has 2 N–H and O–H groups in total. The van der Waals surface area contributed by atoms with E-state index in [9.17, 15) is 14.0 Å². The van der Waals surface area contributed by atoms with Gasteiger partial charge in [-0.25, -0.2) is 9.50 Å². The van der Waals surface area contributed by atoms with E-state index in [1.54, 1.807) is 42.0 Å². The molecule has 1 saturated heterocycles. The summed E-state index contributed by atoms with van der Waals surface area (Å²) < 4.78 is 15.7. The number of hydrogen-bond acceptors (Lipinski definition) is 7. The maximum absolute atomic E-state index is 14.1. The highest BCUT2D eigenvalue weighted by molar-refractivity contribution is 7.21. The zero-order valence-corrected chi connectivity index (χ0v) is 21.0. The van der Waals surface area contributed by atoms with E-state index in [0.29, 0.717) is 44.4 Å². The molecule has 1 fully saturated rings. The lowest BCUT2D eigenvalue weighted by atomic mass is 10.0. The van der Waals surface area contributed by atoms with Gasteiger partial charge in [0.2, 0.25) is 11.9 Å². The van der Waals surface area contributed by atoms with Crippen molar-refractivity contribution in [2.24, 2.45) is 0 Å². The molecule has 0 aromatic carbocycles. The normalized spacial score (nSPS) is 15.3. The van der Waals surface area contributed by atoms with Crippen molar-refractivity contribution in [1.82, 2.24) is 24.5 Å². The highest BCUT2D eigenvalue weighted by Crippen LogP contribution is 2.32. The molecule has 0 atom stereocenters. The molecule has 5 heterocycles. The van der Waals surface area contributed by atoms with Crippen LogP contribution in [0.2, 0.25) is 0 Å². The summed E-state index contributed by atoms with van der Waals surface area (Å²) in [6, 6.07) is 4.98. The lowest BCUT2D eigenvalue weighted by Crippen LogP contribution is -2.42. The van der Waals surface area contributed by atoms with Crippen LogP contribution < -0.4 is 10.6 Å². The lowest BCUT2D eigenvalue weighted by molar-refractivity contribution is -0.118. The molecule has 0 unspecified atom stereocenters. The summed E-state index contributed by atoms with van der Waals surface area (Å²) in [5, 5.41) is 10.0. The fourth-order valence-corrected chi connectivity index (χ4v) is 5.46. The Morgan fingerprint density at radius 1 is 1.22 bits per heavy atom. The number of hydrogen-bond donors (Lipinski definition) is 2. The van der Waals surface area contributed by atoms with E-state index in [1.165, 1.54) is 23.7 Å². The van der Waals surface area contributed by atoms with Crippen molar-refractivity contribution < 1.29 is 14.0 Å². The second-order valence-electron chi connectivity index (χ2n) is 9.44. The highest BCUT2D eigenvalue weighted by atomic mass is 32.1. The van der Waals surface area contributed by atoms with Crippen molar-refractivity contribution >= 4 is 39.4 Å². The highest BCUT2D eigenvalue weighted by Gasteiger charge is 2.32. The number of nitrogens with zero attached hydrogens (tertiary/aromatic N) is 5. The SMILES string of the molecule is Cc1ncc(NC(=O)CN2CCCC2(C)C)cc1NC(=O)c1cnn2cc(-c3cccnc3F)sc12. The van der Waals surface area contributed by atoms with Crippen LogP contribution >= 0.6 is 11.3 Å². The van der Waals surface area contributed by atoms with Crippen LogP contribution in [0.5, 0.6) is 0 Å². The van der Waals surface area contributed by atoms with Crippen LogP contribution in [-0.2, 0) is 4.79 Å². The third kappa shape index (κ3) is 4.71. The molecule has 1 aliphatic heterocycles. The van der Waals surface area contributed by atoms with Crippen LogP contribution in [-0.4, -0.2) is 54.9 Å². The number of amides is 2. The van der Waals surface area contributed by atoms with Crippen LogP contribution in [0.3, 0.4) is 0 Å². The molecule has 2 amide bonds. The van der Waals surface area contributed by atoms with Crippen LogP contribution in [0.1, 0.15) is 42.7 Å². The topological polar surface area (TPSA) is 105 Å². The molecule has 0 spiro atoms. The monoisotopic (exact) mass is 507 g/mol. The van der Waals surface area contributed by atoms with Gasteiger partial charge in [0.05, 0.1) is 46.4 Å². The minimum atomic E-state index is -0.582. The summed E-state index contributed by atoms with van der Waals surface area (Å²) >= 11 is 1.25. The fraction of sp³-hybridized carbons (Fsp3) is 0.320. The third-order valence-corrected chi connectivity index (χ3v) is 7.64. The van der Waals surface area contributed by atoms with Crippen LogP contribution in [0.25, 0.3) is 15.3 Å². The average Bonchev–Trinajstić information content (AvgIpc) is 3.50. The first kappa shape index (κ1) is 24.0. The second kappa shape index (κ2) is 9.40. The van der Waals surface area contributed by atoms with Gasteiger partial charge in [0.15, 0.2) is 0 Å². The van der Waals surface area contributed by atoms with E-state index >= 15 is 0 Å². The summed E-state index contributed by atoms with van der Waals surface area (Å²) in [4.78, 5) is 37.1. The van der Waals surface area contributed by atoms with E-state index in [2.05, 4.69) is 44.4 Å². The molecule has 0 bridgehead atoms. The van der Waals surface area contributed by atoms with Crippen molar-refractivity contribution in [2.75, 3.05) is 23.7 Å². The molecule has 1 aliphatic rings. The van der Waals surface area contributed by atoms with Gasteiger partial charge in [-0.15, -0.1) is 11.3 Å². The number of aryl methyl sites for hydroxylation is 1. The zero-order chi connectivity index (χ0) is 25.4. The first-order chi connectivity index (χ1) is 17.2. The first-order valence-electron chi connectivity index (χ1n) is 11.6. The molecule has 36 heavy (non-hydrogen) atoms. The molecule has 4 aromatic rings. The van der Waals surface area contributed by atoms with Crippen molar-refractivity contribution in [3.05, 3.63) is 60.2 Å². The summed E-state index contributed by atoms with van der Waals surface area (Å²) in [6.45, 7) is 7.26. The van der Waals surface area contributed by atoms with Gasteiger partial charge in [-0.2, -0.15) is 9.49 Å². The molecular formula is C25H26FN7O2S. The number of likely N-dealkylation sites (tertiary alicyclic amines) is 1. The van der Waals surface area contributed by atoms with Gasteiger partial charge < -0.3 is 10.6 Å². The molecule has 4 aromatic heterocycles. The minimum absolute atomic E-state index is 0.00335. The maximum Gasteiger partial charge on any atom is 0.260 e. The average molecular weight is 508 g/mol. The van der Waals surface area contributed by atoms with Crippen molar-refractivity contribution in [1.29, 1.82) is 0 Å². The van der Waals surface area contributed by atoms with Crippen molar-refractivity contribution in [2.45, 2.75) is 39.2 Å². The number of halogens is 1. The van der Waals surface area contributed by atoms with Gasteiger partial charge in [-0.05, 0) is 58.4 Å². The smallest absolute Gasteiger partial charge is 0.260 e. The van der Waals surface area contributed by atoms with E-state index in [-0.39, 0.29) is 17.4 Å². The van der Waals surface area contributed by atoms with Gasteiger partial charge in [0.25, 0.3) is 5.91 Å². The van der Waals surface area contributed by atoms with Crippen molar-refractivity contribution in [3.63, 3.8) is 0 Å². The van der Waals surface area contributed by atoms with Crippen LogP contribution in [0, 0.1) is 12.9 Å². The van der Waals surface area contributed by atoms with E-state index in [1.807, 2.05) is 0 Å². The standard InChI is InChI=1S/C25H26FN7O2S/c1-15-19(10-16(11-28-15)30-21(34)14-32-9-5-7-25(32,2)3)31-23(35)18-12-29-33-13-20(36-24(18)33)17-6-4-8-27-22(17)26/h4,6,8,10-13H,5,7,9,14H2,1-3H3,(H,30,34)(H,31,35). The van der Waals surface area contributed by atoms with Gasteiger partial charge in [0, 0.05) is 23.5 Å². The fourth-order valence-electron chi connectivity index (χ4n) is 4.38. The predicted octanol–water partition coefficient (Wildman–Crippen LogP) is 4.37. The number of pyridine rings is 2. The summed E-state index contributed by atoms with van der Waals surface area (Å²) in [5.41, 5.74) is 2.29. The molecule has 9 nitrogen and oxygen atoms in total. The molecule has 0 saturated carbocycles. The van der Waals surface area contributed by atoms with Crippen molar-refractivity contribution in [3.8, 4) is 10.4 Å². The first-order valence-corrected chi connectivity index (χ1v) is 12.4. The Bertz CT molecular complexity index is 1460. The largest absolute Gasteiger partial charge is 0.324 e. The summed E-state index contributed by atoms with van der Waals surface area (Å²) in [6.07, 6.45) is 8.24. The summed E-state index contributed by atoms with van der Waals surface area (Å²) in [5.74, 6) is -1.08. The Morgan fingerprint density at radius 3 is 2.81 bits per heavy atom. The maximum atomic E-state index is 14.1. The summed E-state index contributed by atoms with van der Waals surface area (Å²) in [7, 11) is 0. The van der Waals surface area contributed by atoms with Crippen LogP contribution in [0.15, 0.2) is 43.0 Å². The number of anilines is 2. The number of carbonyl (C=O) groups is 2. The van der Waals surface area contributed by atoms with Gasteiger partial charge in [-0.1, -0.05) is 0 Å². The Hall–Kier alpha value is -3.70. The van der Waals surface area contributed by atoms with Gasteiger partial charge >= 0.3 is 0 Å². The Labute approximate surface area is 211 Å². The quantitative estimate of drug-likeness (QED) is 0.376. The van der Waals surface area contributed by atoms with E-state index in [4.69, 9.17) is 0 Å². The van der Waals surface area contributed by atoms with E-state index in [0.717, 1.165) is 19.4 Å². The Kier molecular flexibility index (Phi) is 6.27. The lowest BCUT2D eigenvalue weighted by Gasteiger charge is -2.30. The molecule has 186 valence electrons. The second-order valence-corrected chi connectivity index (χ2v) is 10.5. The molecule has 0 radical (unpaired) electrons. The Morgan fingerprint density at radius 2 is 2.06 bits per heavy atom.